The highest BCUT2D eigenvalue weighted by molar-refractivity contribution is 6.12. The standard InChI is InChI=1S/C41H24N2O2/c1-3-13-36-30(9-1)33-22-26(15-17-37(33)43(36)28-16-18-39-34(23-28)35-24-42-20-19-40(35)44-39)25-7-5-8-27(21-25)29-11-6-12-32-31-10-2-4-14-38(31)45-41(29)32/h1-24H. The van der Waals surface area contributed by atoms with Gasteiger partial charge in [-0.1, -0.05) is 78.9 Å². The molecular weight excluding hydrogens is 552 g/mol. The fourth-order valence-electron chi connectivity index (χ4n) is 7.02. The molecule has 4 aromatic heterocycles. The van der Waals surface area contributed by atoms with Crippen molar-refractivity contribution in [2.75, 3.05) is 0 Å². The SMILES string of the molecule is c1cc(-c2ccc3c(c2)c2ccccc2n3-c2ccc3oc4ccncc4c3c2)cc(-c2cccc3c2oc2ccccc23)c1. The third-order valence-electron chi connectivity index (χ3n) is 9.10. The zero-order valence-electron chi connectivity index (χ0n) is 24.1. The summed E-state index contributed by atoms with van der Waals surface area (Å²) in [5.74, 6) is 0. The largest absolute Gasteiger partial charge is 0.456 e. The fourth-order valence-corrected chi connectivity index (χ4v) is 7.02. The maximum absolute atomic E-state index is 6.37. The van der Waals surface area contributed by atoms with Gasteiger partial charge in [0.2, 0.25) is 0 Å². The molecule has 45 heavy (non-hydrogen) atoms. The Hall–Kier alpha value is -6.13. The molecule has 0 saturated carbocycles. The summed E-state index contributed by atoms with van der Waals surface area (Å²) in [5, 5.41) is 6.80. The van der Waals surface area contributed by atoms with Crippen LogP contribution in [-0.4, -0.2) is 9.55 Å². The first-order valence-corrected chi connectivity index (χ1v) is 15.1. The van der Waals surface area contributed by atoms with Crippen molar-refractivity contribution in [2.45, 2.75) is 0 Å². The van der Waals surface area contributed by atoms with Gasteiger partial charge in [0.05, 0.1) is 11.0 Å². The summed E-state index contributed by atoms with van der Waals surface area (Å²) in [5.41, 5.74) is 11.5. The predicted octanol–water partition coefficient (Wildman–Crippen LogP) is 11.3. The summed E-state index contributed by atoms with van der Waals surface area (Å²) in [6.45, 7) is 0. The lowest BCUT2D eigenvalue weighted by Crippen LogP contribution is -1.93. The van der Waals surface area contributed by atoms with Crippen molar-refractivity contribution in [1.82, 2.24) is 9.55 Å². The maximum Gasteiger partial charge on any atom is 0.143 e. The summed E-state index contributed by atoms with van der Waals surface area (Å²) < 4.78 is 14.8. The highest BCUT2D eigenvalue weighted by Gasteiger charge is 2.16. The normalized spacial score (nSPS) is 12.0. The molecule has 0 atom stereocenters. The highest BCUT2D eigenvalue weighted by atomic mass is 16.3. The minimum absolute atomic E-state index is 0.850. The molecule has 0 fully saturated rings. The van der Waals surface area contributed by atoms with Gasteiger partial charge in [-0.25, -0.2) is 0 Å². The van der Waals surface area contributed by atoms with Crippen molar-refractivity contribution in [3.05, 3.63) is 146 Å². The molecule has 0 radical (unpaired) electrons. The smallest absolute Gasteiger partial charge is 0.143 e. The van der Waals surface area contributed by atoms with E-state index in [1.807, 2.05) is 24.4 Å². The van der Waals surface area contributed by atoms with E-state index in [1.54, 1.807) is 6.20 Å². The fraction of sp³-hybridized carbons (Fsp3) is 0. The van der Waals surface area contributed by atoms with Crippen LogP contribution >= 0.6 is 0 Å². The molecule has 0 aliphatic rings. The van der Waals surface area contributed by atoms with Gasteiger partial charge in [0.1, 0.15) is 22.3 Å². The number of para-hydroxylation sites is 3. The Morgan fingerprint density at radius 3 is 2.18 bits per heavy atom. The molecule has 6 aromatic carbocycles. The first-order chi connectivity index (χ1) is 22.3. The monoisotopic (exact) mass is 576 g/mol. The molecule has 0 N–H and O–H groups in total. The van der Waals surface area contributed by atoms with Crippen LogP contribution in [0.25, 0.3) is 93.6 Å². The number of nitrogens with zero attached hydrogens (tertiary/aromatic N) is 2. The van der Waals surface area contributed by atoms with E-state index >= 15 is 0 Å². The summed E-state index contributed by atoms with van der Waals surface area (Å²) >= 11 is 0. The van der Waals surface area contributed by atoms with Gasteiger partial charge in [-0.2, -0.15) is 0 Å². The van der Waals surface area contributed by atoms with Crippen LogP contribution in [-0.2, 0) is 0 Å². The van der Waals surface area contributed by atoms with Crippen molar-refractivity contribution < 1.29 is 8.83 Å². The average Bonchev–Trinajstić information content (AvgIpc) is 3.77. The maximum atomic E-state index is 6.37. The van der Waals surface area contributed by atoms with E-state index in [0.717, 1.165) is 71.8 Å². The van der Waals surface area contributed by atoms with Gasteiger partial charge in [-0.05, 0) is 71.3 Å². The average molecular weight is 577 g/mol. The molecule has 4 heterocycles. The summed E-state index contributed by atoms with van der Waals surface area (Å²) in [4.78, 5) is 4.34. The zero-order chi connectivity index (χ0) is 29.5. The zero-order valence-corrected chi connectivity index (χ0v) is 24.1. The topological polar surface area (TPSA) is 44.1 Å². The van der Waals surface area contributed by atoms with E-state index in [9.17, 15) is 0 Å². The third-order valence-corrected chi connectivity index (χ3v) is 9.10. The quantitative estimate of drug-likeness (QED) is 0.210. The number of furan rings is 2. The lowest BCUT2D eigenvalue weighted by atomic mass is 9.97. The van der Waals surface area contributed by atoms with Gasteiger partial charge in [0, 0.05) is 56.0 Å². The molecule has 0 aliphatic carbocycles. The van der Waals surface area contributed by atoms with Gasteiger partial charge in [-0.3, -0.25) is 4.98 Å². The highest BCUT2D eigenvalue weighted by Crippen LogP contribution is 2.39. The molecular formula is C41H24N2O2. The summed E-state index contributed by atoms with van der Waals surface area (Å²) in [6.07, 6.45) is 3.65. The van der Waals surface area contributed by atoms with Crippen LogP contribution in [0.5, 0.6) is 0 Å². The number of hydrogen-bond donors (Lipinski definition) is 0. The Morgan fingerprint density at radius 1 is 0.444 bits per heavy atom. The predicted molar refractivity (Wildman–Crippen MR) is 184 cm³/mol. The van der Waals surface area contributed by atoms with Crippen LogP contribution in [0.15, 0.2) is 155 Å². The first kappa shape index (κ1) is 24.3. The van der Waals surface area contributed by atoms with Crippen LogP contribution < -0.4 is 0 Å². The van der Waals surface area contributed by atoms with Crippen molar-refractivity contribution in [3.63, 3.8) is 0 Å². The molecule has 0 spiro atoms. The van der Waals surface area contributed by atoms with Crippen LogP contribution in [0, 0.1) is 0 Å². The summed E-state index contributed by atoms with van der Waals surface area (Å²) in [7, 11) is 0. The number of benzene rings is 6. The third kappa shape index (κ3) is 3.57. The Bertz CT molecular complexity index is 2780. The molecule has 0 aliphatic heterocycles. The van der Waals surface area contributed by atoms with Gasteiger partial charge in [0.15, 0.2) is 0 Å². The summed E-state index contributed by atoms with van der Waals surface area (Å²) in [6, 6.07) is 47.2. The van der Waals surface area contributed by atoms with E-state index in [4.69, 9.17) is 8.83 Å². The van der Waals surface area contributed by atoms with E-state index in [1.165, 1.54) is 21.9 Å². The van der Waals surface area contributed by atoms with Crippen LogP contribution in [0.1, 0.15) is 0 Å². The Morgan fingerprint density at radius 2 is 1.20 bits per heavy atom. The minimum Gasteiger partial charge on any atom is -0.456 e. The van der Waals surface area contributed by atoms with Crippen molar-refractivity contribution in [1.29, 1.82) is 0 Å². The minimum atomic E-state index is 0.850. The first-order valence-electron chi connectivity index (χ1n) is 15.1. The van der Waals surface area contributed by atoms with Crippen molar-refractivity contribution in [3.8, 4) is 27.9 Å². The van der Waals surface area contributed by atoms with Gasteiger partial charge in [0.25, 0.3) is 0 Å². The number of pyridine rings is 1. The number of fused-ring (bicyclic) bond motifs is 9. The van der Waals surface area contributed by atoms with Crippen molar-refractivity contribution >= 4 is 65.7 Å². The molecule has 10 rings (SSSR count). The van der Waals surface area contributed by atoms with E-state index in [-0.39, 0.29) is 0 Å². The number of aromatic nitrogens is 2. The molecule has 0 unspecified atom stereocenters. The van der Waals surface area contributed by atoms with Crippen molar-refractivity contribution in [2.24, 2.45) is 0 Å². The molecule has 210 valence electrons. The van der Waals surface area contributed by atoms with E-state index in [0.29, 0.717) is 0 Å². The van der Waals surface area contributed by atoms with E-state index in [2.05, 4.69) is 125 Å². The number of hydrogen-bond acceptors (Lipinski definition) is 3. The second kappa shape index (κ2) is 9.18. The Kier molecular flexibility index (Phi) is 4.96. The number of rotatable bonds is 3. The molecule has 10 aromatic rings. The van der Waals surface area contributed by atoms with Crippen LogP contribution in [0.4, 0.5) is 0 Å². The van der Waals surface area contributed by atoms with Crippen LogP contribution in [0.2, 0.25) is 0 Å². The lowest BCUT2D eigenvalue weighted by Gasteiger charge is -2.09. The molecule has 4 nitrogen and oxygen atoms in total. The van der Waals surface area contributed by atoms with Gasteiger partial charge < -0.3 is 13.4 Å². The van der Waals surface area contributed by atoms with Gasteiger partial charge >= 0.3 is 0 Å². The van der Waals surface area contributed by atoms with Crippen LogP contribution in [0.3, 0.4) is 0 Å². The van der Waals surface area contributed by atoms with Gasteiger partial charge in [-0.15, -0.1) is 0 Å². The lowest BCUT2D eigenvalue weighted by molar-refractivity contribution is 0.668. The Balaban J connectivity index is 1.14. The molecule has 0 bridgehead atoms. The second-order valence-electron chi connectivity index (χ2n) is 11.6. The molecule has 0 saturated heterocycles. The second-order valence-corrected chi connectivity index (χ2v) is 11.6. The Labute approximate surface area is 257 Å². The molecule has 4 heteroatoms. The van der Waals surface area contributed by atoms with E-state index < -0.39 is 0 Å². The molecule has 0 amide bonds.